The van der Waals surface area contributed by atoms with E-state index in [1.165, 1.54) is 6.92 Å². The molecule has 0 saturated carbocycles. The van der Waals surface area contributed by atoms with Crippen molar-refractivity contribution in [2.75, 3.05) is 23.8 Å². The predicted octanol–water partition coefficient (Wildman–Crippen LogP) is 3.38. The number of rotatable bonds is 7. The van der Waals surface area contributed by atoms with Gasteiger partial charge in [-0.25, -0.2) is 0 Å². The average Bonchev–Trinajstić information content (AvgIpc) is 3.00. The van der Waals surface area contributed by atoms with Gasteiger partial charge in [-0.05, 0) is 32.0 Å². The number of hydrogen-bond acceptors (Lipinski definition) is 5. The molecule has 0 saturated heterocycles. The van der Waals surface area contributed by atoms with Crippen LogP contribution in [0.15, 0.2) is 36.4 Å². The third-order valence-electron chi connectivity index (χ3n) is 4.13. The molecule has 1 heterocycles. The number of amides is 2. The Morgan fingerprint density at radius 3 is 2.64 bits per heavy atom. The molecule has 0 unspecified atom stereocenters. The molecular formula is C21H24N2O5. The molecule has 0 aromatic heterocycles. The molecule has 0 radical (unpaired) electrons. The number of anilines is 2. The summed E-state index contributed by atoms with van der Waals surface area (Å²) in [6.45, 7) is 5.57. The predicted molar refractivity (Wildman–Crippen MR) is 106 cm³/mol. The van der Waals surface area contributed by atoms with Crippen LogP contribution < -0.4 is 24.8 Å². The van der Waals surface area contributed by atoms with Crippen LogP contribution in [-0.2, 0) is 16.0 Å². The second-order valence-corrected chi connectivity index (χ2v) is 6.54. The van der Waals surface area contributed by atoms with Gasteiger partial charge in [-0.1, -0.05) is 12.1 Å². The molecule has 0 spiro atoms. The topological polar surface area (TPSA) is 85.9 Å². The van der Waals surface area contributed by atoms with Gasteiger partial charge in [0.15, 0.2) is 6.61 Å². The number of benzene rings is 2. The Kier molecular flexibility index (Phi) is 6.03. The molecule has 3 rings (SSSR count). The summed E-state index contributed by atoms with van der Waals surface area (Å²) < 4.78 is 17.0. The monoisotopic (exact) mass is 384 g/mol. The molecule has 148 valence electrons. The van der Waals surface area contributed by atoms with E-state index >= 15 is 0 Å². The molecule has 1 aliphatic rings. The third kappa shape index (κ3) is 4.73. The standard InChI is InChI=1S/C21H24N2O5/c1-4-26-20-10-15-9-13(2)28-19(15)11-17(20)23-21(25)12-27-18-8-6-5-7-16(18)22-14(3)24/h5-8,10-11,13H,4,9,12H2,1-3H3,(H,22,24)(H,23,25)/t13-/m0/s1. The second-order valence-electron chi connectivity index (χ2n) is 6.54. The fraction of sp³-hybridized carbons (Fsp3) is 0.333. The maximum absolute atomic E-state index is 12.4. The average molecular weight is 384 g/mol. The summed E-state index contributed by atoms with van der Waals surface area (Å²) >= 11 is 0. The Balaban J connectivity index is 1.69. The first-order valence-electron chi connectivity index (χ1n) is 9.22. The van der Waals surface area contributed by atoms with Crippen molar-refractivity contribution < 1.29 is 23.8 Å². The Morgan fingerprint density at radius 1 is 1.11 bits per heavy atom. The summed E-state index contributed by atoms with van der Waals surface area (Å²) in [5, 5.41) is 5.49. The minimum atomic E-state index is -0.343. The molecule has 2 aromatic carbocycles. The van der Waals surface area contributed by atoms with Gasteiger partial charge in [0.1, 0.15) is 23.4 Å². The maximum Gasteiger partial charge on any atom is 0.262 e. The number of carbonyl (C=O) groups is 2. The minimum Gasteiger partial charge on any atom is -0.492 e. The smallest absolute Gasteiger partial charge is 0.262 e. The third-order valence-corrected chi connectivity index (χ3v) is 4.13. The number of para-hydroxylation sites is 2. The van der Waals surface area contributed by atoms with Crippen LogP contribution in [0.1, 0.15) is 26.3 Å². The molecule has 7 nitrogen and oxygen atoms in total. The SMILES string of the molecule is CCOc1cc2c(cc1NC(=O)COc1ccccc1NC(C)=O)O[C@@H](C)C2. The molecule has 2 N–H and O–H groups in total. The number of nitrogens with one attached hydrogen (secondary N) is 2. The van der Waals surface area contributed by atoms with E-state index in [1.54, 1.807) is 30.3 Å². The molecular weight excluding hydrogens is 360 g/mol. The lowest BCUT2D eigenvalue weighted by Gasteiger charge is -2.15. The summed E-state index contributed by atoms with van der Waals surface area (Å²) in [6.07, 6.45) is 0.913. The molecule has 1 aliphatic heterocycles. The highest BCUT2D eigenvalue weighted by molar-refractivity contribution is 5.94. The minimum absolute atomic E-state index is 0.101. The van der Waals surface area contributed by atoms with E-state index in [-0.39, 0.29) is 24.5 Å². The van der Waals surface area contributed by atoms with Gasteiger partial charge in [-0.2, -0.15) is 0 Å². The van der Waals surface area contributed by atoms with Crippen molar-refractivity contribution in [3.05, 3.63) is 42.0 Å². The molecule has 1 atom stereocenters. The zero-order valence-corrected chi connectivity index (χ0v) is 16.2. The molecule has 0 fully saturated rings. The van der Waals surface area contributed by atoms with Gasteiger partial charge in [0, 0.05) is 25.0 Å². The van der Waals surface area contributed by atoms with Gasteiger partial charge in [-0.3, -0.25) is 9.59 Å². The highest BCUT2D eigenvalue weighted by Gasteiger charge is 2.22. The normalized spacial score (nSPS) is 14.6. The van der Waals surface area contributed by atoms with E-state index in [1.807, 2.05) is 19.9 Å². The van der Waals surface area contributed by atoms with Crippen LogP contribution in [-0.4, -0.2) is 31.1 Å². The van der Waals surface area contributed by atoms with Crippen molar-refractivity contribution in [2.45, 2.75) is 33.3 Å². The van der Waals surface area contributed by atoms with Crippen molar-refractivity contribution in [2.24, 2.45) is 0 Å². The molecule has 0 bridgehead atoms. The Morgan fingerprint density at radius 2 is 1.89 bits per heavy atom. The summed E-state index contributed by atoms with van der Waals surface area (Å²) in [6, 6.07) is 10.6. The van der Waals surface area contributed by atoms with Crippen molar-refractivity contribution in [1.82, 2.24) is 0 Å². The highest BCUT2D eigenvalue weighted by atomic mass is 16.5. The summed E-state index contributed by atoms with van der Waals surface area (Å²) in [5.41, 5.74) is 2.12. The first-order chi connectivity index (χ1) is 13.5. The summed E-state index contributed by atoms with van der Waals surface area (Å²) in [4.78, 5) is 23.7. The molecule has 2 aromatic rings. The Bertz CT molecular complexity index is 881. The first-order valence-corrected chi connectivity index (χ1v) is 9.22. The van der Waals surface area contributed by atoms with Crippen LogP contribution in [0.4, 0.5) is 11.4 Å². The van der Waals surface area contributed by atoms with Crippen molar-refractivity contribution in [3.63, 3.8) is 0 Å². The van der Waals surface area contributed by atoms with E-state index in [0.717, 1.165) is 17.7 Å². The maximum atomic E-state index is 12.4. The van der Waals surface area contributed by atoms with Gasteiger partial charge in [0.05, 0.1) is 18.0 Å². The Labute approximate surface area is 164 Å². The second kappa shape index (κ2) is 8.65. The molecule has 2 amide bonds. The molecule has 28 heavy (non-hydrogen) atoms. The van der Waals surface area contributed by atoms with Gasteiger partial charge in [-0.15, -0.1) is 0 Å². The van der Waals surface area contributed by atoms with Gasteiger partial charge in [0.25, 0.3) is 5.91 Å². The lowest BCUT2D eigenvalue weighted by Crippen LogP contribution is -2.21. The number of fused-ring (bicyclic) bond motifs is 1. The van der Waals surface area contributed by atoms with Crippen LogP contribution in [0.2, 0.25) is 0 Å². The van der Waals surface area contributed by atoms with Crippen LogP contribution in [0.3, 0.4) is 0 Å². The number of ether oxygens (including phenoxy) is 3. The largest absolute Gasteiger partial charge is 0.492 e. The Hall–Kier alpha value is -3.22. The van der Waals surface area contributed by atoms with Crippen LogP contribution in [0.5, 0.6) is 17.2 Å². The van der Waals surface area contributed by atoms with Crippen LogP contribution >= 0.6 is 0 Å². The van der Waals surface area contributed by atoms with E-state index in [4.69, 9.17) is 14.2 Å². The summed E-state index contributed by atoms with van der Waals surface area (Å²) in [5.74, 6) is 1.22. The fourth-order valence-electron chi connectivity index (χ4n) is 3.03. The van der Waals surface area contributed by atoms with Gasteiger partial charge < -0.3 is 24.8 Å². The zero-order valence-electron chi connectivity index (χ0n) is 16.2. The number of hydrogen-bond donors (Lipinski definition) is 2. The van der Waals surface area contributed by atoms with E-state index in [9.17, 15) is 9.59 Å². The van der Waals surface area contributed by atoms with Crippen molar-refractivity contribution in [3.8, 4) is 17.2 Å². The van der Waals surface area contributed by atoms with E-state index < -0.39 is 0 Å². The van der Waals surface area contributed by atoms with Crippen LogP contribution in [0.25, 0.3) is 0 Å². The highest BCUT2D eigenvalue weighted by Crippen LogP contribution is 2.38. The van der Waals surface area contributed by atoms with E-state index in [2.05, 4.69) is 10.6 Å². The van der Waals surface area contributed by atoms with Gasteiger partial charge >= 0.3 is 0 Å². The zero-order chi connectivity index (χ0) is 20.1. The van der Waals surface area contributed by atoms with Crippen LogP contribution in [0, 0.1) is 0 Å². The molecule has 0 aliphatic carbocycles. The van der Waals surface area contributed by atoms with Crippen molar-refractivity contribution >= 4 is 23.2 Å². The summed E-state index contributed by atoms with van der Waals surface area (Å²) in [7, 11) is 0. The first kappa shape index (κ1) is 19.5. The molecule has 7 heteroatoms. The lowest BCUT2D eigenvalue weighted by atomic mass is 10.1. The fourth-order valence-corrected chi connectivity index (χ4v) is 3.03. The van der Waals surface area contributed by atoms with Crippen molar-refractivity contribution in [1.29, 1.82) is 0 Å². The quantitative estimate of drug-likeness (QED) is 0.764. The van der Waals surface area contributed by atoms with Gasteiger partial charge in [0.2, 0.25) is 5.91 Å². The lowest BCUT2D eigenvalue weighted by molar-refractivity contribution is -0.118. The van der Waals surface area contributed by atoms with E-state index in [0.29, 0.717) is 29.5 Å². The number of carbonyl (C=O) groups excluding carboxylic acids is 2.